The number of rotatable bonds is 7. The van der Waals surface area contributed by atoms with Crippen LogP contribution >= 0.6 is 0 Å². The lowest BCUT2D eigenvalue weighted by Crippen LogP contribution is -1.86. The first-order valence-electron chi connectivity index (χ1n) is 11.4. The van der Waals surface area contributed by atoms with Gasteiger partial charge in [-0.05, 0) is 36.4 Å². The van der Waals surface area contributed by atoms with Crippen LogP contribution in [-0.4, -0.2) is 46.1 Å². The Balaban J connectivity index is 0.000000159. The molecule has 38 heavy (non-hydrogen) atoms. The number of fused-ring (bicyclic) bond motifs is 2. The van der Waals surface area contributed by atoms with Gasteiger partial charge in [0.15, 0.2) is 52.5 Å². The standard InChI is InChI=1S/C11H12O3.C10H8O3.C8H8O3/c1-12-7-9-6-8-4-3-5-10(13-2)11(8)14-9;1-12-9-4-2-3-7-5-8(6-11)13-10(7)9;1-11-7-4-2-3-6(5-9)8(7)10/h3-6H,7H2,1-2H3;2-6H,1H3;2-5,10H,1H3. The Kier molecular flexibility index (Phi) is 9.90. The van der Waals surface area contributed by atoms with Gasteiger partial charge in [0.1, 0.15) is 12.4 Å². The number of hydrogen-bond acceptors (Lipinski definition) is 9. The van der Waals surface area contributed by atoms with Gasteiger partial charge in [-0.1, -0.05) is 30.3 Å². The predicted octanol–water partition coefficient (Wildman–Crippen LogP) is 6.06. The summed E-state index contributed by atoms with van der Waals surface area (Å²) in [6.45, 7) is 0.484. The number of hydrogen-bond donors (Lipinski definition) is 1. The maximum Gasteiger partial charge on any atom is 0.185 e. The van der Waals surface area contributed by atoms with E-state index >= 15 is 0 Å². The number of phenolic OH excluding ortho intramolecular Hbond substituents is 1. The molecule has 0 radical (unpaired) electrons. The summed E-state index contributed by atoms with van der Waals surface area (Å²) >= 11 is 0. The number of furan rings is 2. The lowest BCUT2D eigenvalue weighted by Gasteiger charge is -2.02. The molecule has 2 aromatic heterocycles. The van der Waals surface area contributed by atoms with E-state index in [9.17, 15) is 14.7 Å². The van der Waals surface area contributed by atoms with Crippen LogP contribution in [0.3, 0.4) is 0 Å². The topological polar surface area (TPSA) is 118 Å². The molecule has 0 saturated carbocycles. The number of carbonyl (C=O) groups excluding carboxylic acids is 2. The van der Waals surface area contributed by atoms with E-state index in [-0.39, 0.29) is 11.3 Å². The van der Waals surface area contributed by atoms with Crippen LogP contribution in [0.15, 0.2) is 75.6 Å². The molecule has 5 rings (SSSR count). The van der Waals surface area contributed by atoms with Gasteiger partial charge in [0.05, 0.1) is 26.9 Å². The van der Waals surface area contributed by atoms with Gasteiger partial charge in [-0.2, -0.15) is 0 Å². The normalized spacial score (nSPS) is 10.1. The highest BCUT2D eigenvalue weighted by molar-refractivity contribution is 5.88. The average molecular weight is 521 g/mol. The van der Waals surface area contributed by atoms with Crippen LogP contribution in [0, 0.1) is 0 Å². The molecule has 9 heteroatoms. The smallest absolute Gasteiger partial charge is 0.185 e. The molecule has 0 amide bonds. The molecule has 0 spiro atoms. The second kappa shape index (κ2) is 13.5. The first-order valence-corrected chi connectivity index (χ1v) is 11.4. The highest BCUT2D eigenvalue weighted by Crippen LogP contribution is 2.29. The molecule has 0 aliphatic rings. The zero-order valence-corrected chi connectivity index (χ0v) is 21.4. The summed E-state index contributed by atoms with van der Waals surface area (Å²) in [7, 11) is 6.28. The van der Waals surface area contributed by atoms with Gasteiger partial charge in [-0.25, -0.2) is 0 Å². The number of ether oxygens (including phenoxy) is 4. The van der Waals surface area contributed by atoms with Gasteiger partial charge in [0, 0.05) is 17.9 Å². The van der Waals surface area contributed by atoms with E-state index in [4.69, 9.17) is 27.8 Å². The van der Waals surface area contributed by atoms with Gasteiger partial charge in [-0.15, -0.1) is 0 Å². The molecule has 3 aromatic carbocycles. The molecule has 198 valence electrons. The van der Waals surface area contributed by atoms with E-state index in [0.717, 1.165) is 27.9 Å². The molecular weight excluding hydrogens is 492 g/mol. The molecule has 0 atom stereocenters. The fourth-order valence-electron chi connectivity index (χ4n) is 3.54. The van der Waals surface area contributed by atoms with Crippen molar-refractivity contribution in [1.29, 1.82) is 0 Å². The summed E-state index contributed by atoms with van der Waals surface area (Å²) in [6, 6.07) is 19.7. The Hall–Kier alpha value is -4.76. The number of carbonyl (C=O) groups is 2. The SMILES string of the molecule is COCc1cc2cccc(OC)c2o1.COc1cccc(C=O)c1O.COc1cccc2cc(C=O)oc12. The maximum absolute atomic E-state index is 10.4. The highest BCUT2D eigenvalue weighted by atomic mass is 16.5. The van der Waals surface area contributed by atoms with Gasteiger partial charge in [0.2, 0.25) is 0 Å². The third-order valence-corrected chi connectivity index (χ3v) is 5.31. The number of methoxy groups -OCH3 is 4. The molecule has 0 unspecified atom stereocenters. The van der Waals surface area contributed by atoms with Gasteiger partial charge < -0.3 is 32.9 Å². The van der Waals surface area contributed by atoms with Crippen LogP contribution < -0.4 is 14.2 Å². The van der Waals surface area contributed by atoms with Crippen molar-refractivity contribution in [1.82, 2.24) is 0 Å². The van der Waals surface area contributed by atoms with Gasteiger partial charge in [0.25, 0.3) is 0 Å². The first kappa shape index (κ1) is 27.8. The van der Waals surface area contributed by atoms with E-state index in [1.165, 1.54) is 13.2 Å². The van der Waals surface area contributed by atoms with Crippen molar-refractivity contribution in [3.05, 3.63) is 83.8 Å². The fourth-order valence-corrected chi connectivity index (χ4v) is 3.54. The molecule has 0 aliphatic carbocycles. The molecule has 0 aliphatic heterocycles. The Labute approximate surface area is 219 Å². The minimum atomic E-state index is -0.106. The zero-order valence-electron chi connectivity index (χ0n) is 21.4. The molecule has 2 heterocycles. The molecule has 0 fully saturated rings. The van der Waals surface area contributed by atoms with E-state index in [1.807, 2.05) is 36.4 Å². The predicted molar refractivity (Wildman–Crippen MR) is 142 cm³/mol. The zero-order chi connectivity index (χ0) is 27.5. The van der Waals surface area contributed by atoms with Crippen LogP contribution in [-0.2, 0) is 11.3 Å². The van der Waals surface area contributed by atoms with Crippen LogP contribution in [0.1, 0.15) is 26.7 Å². The average Bonchev–Trinajstić information content (AvgIpc) is 3.57. The first-order chi connectivity index (χ1) is 18.5. The lowest BCUT2D eigenvalue weighted by molar-refractivity contribution is 0.109. The summed E-state index contributed by atoms with van der Waals surface area (Å²) in [5.41, 5.74) is 1.64. The van der Waals surface area contributed by atoms with Crippen molar-refractivity contribution < 1.29 is 42.5 Å². The minimum absolute atomic E-state index is 0.106. The number of aldehydes is 2. The Bertz CT molecular complexity index is 1500. The number of phenols is 1. The molecule has 0 bridgehead atoms. The largest absolute Gasteiger partial charge is 0.504 e. The van der Waals surface area contributed by atoms with E-state index in [2.05, 4.69) is 0 Å². The third kappa shape index (κ3) is 6.51. The number of aromatic hydroxyl groups is 1. The van der Waals surface area contributed by atoms with Crippen molar-refractivity contribution in [3.63, 3.8) is 0 Å². The van der Waals surface area contributed by atoms with E-state index < -0.39 is 0 Å². The molecule has 5 aromatic rings. The van der Waals surface area contributed by atoms with E-state index in [1.54, 1.807) is 45.6 Å². The lowest BCUT2D eigenvalue weighted by atomic mass is 10.2. The molecular formula is C29H28O9. The van der Waals surface area contributed by atoms with Gasteiger partial charge >= 0.3 is 0 Å². The Morgan fingerprint density at radius 3 is 1.82 bits per heavy atom. The highest BCUT2D eigenvalue weighted by Gasteiger charge is 2.08. The van der Waals surface area contributed by atoms with Crippen molar-refractivity contribution in [2.75, 3.05) is 28.4 Å². The van der Waals surface area contributed by atoms with Gasteiger partial charge in [-0.3, -0.25) is 9.59 Å². The minimum Gasteiger partial charge on any atom is -0.504 e. The summed E-state index contributed by atoms with van der Waals surface area (Å²) in [5, 5.41) is 11.1. The third-order valence-electron chi connectivity index (χ3n) is 5.31. The molecule has 1 N–H and O–H groups in total. The monoisotopic (exact) mass is 520 g/mol. The second-order valence-corrected chi connectivity index (χ2v) is 7.69. The van der Waals surface area contributed by atoms with Crippen molar-refractivity contribution in [2.24, 2.45) is 0 Å². The van der Waals surface area contributed by atoms with Crippen LogP contribution in [0.5, 0.6) is 23.0 Å². The Morgan fingerprint density at radius 1 is 0.711 bits per heavy atom. The summed E-state index contributed by atoms with van der Waals surface area (Å²) < 4.78 is 30.9. The van der Waals surface area contributed by atoms with Crippen LogP contribution in [0.25, 0.3) is 21.9 Å². The molecule has 0 saturated heterocycles. The quantitative estimate of drug-likeness (QED) is 0.256. The maximum atomic E-state index is 10.4. The fraction of sp³-hybridized carbons (Fsp3) is 0.172. The van der Waals surface area contributed by atoms with Crippen molar-refractivity contribution in [3.8, 4) is 23.0 Å². The summed E-state index contributed by atoms with van der Waals surface area (Å²) in [5.74, 6) is 2.74. The van der Waals surface area contributed by atoms with Crippen LogP contribution in [0.4, 0.5) is 0 Å². The molecule has 9 nitrogen and oxygen atoms in total. The summed E-state index contributed by atoms with van der Waals surface area (Å²) in [6.07, 6.45) is 1.26. The van der Waals surface area contributed by atoms with Crippen molar-refractivity contribution in [2.45, 2.75) is 6.61 Å². The van der Waals surface area contributed by atoms with Crippen LogP contribution in [0.2, 0.25) is 0 Å². The Morgan fingerprint density at radius 2 is 1.26 bits per heavy atom. The number of benzene rings is 3. The number of para-hydroxylation sites is 3. The second-order valence-electron chi connectivity index (χ2n) is 7.69. The van der Waals surface area contributed by atoms with E-state index in [0.29, 0.717) is 42.0 Å². The van der Waals surface area contributed by atoms with Crippen molar-refractivity contribution >= 4 is 34.5 Å². The summed E-state index contributed by atoms with van der Waals surface area (Å²) in [4.78, 5) is 20.7.